The maximum Gasteiger partial charge on any atom is 0.155 e. The second kappa shape index (κ2) is 4.01. The summed E-state index contributed by atoms with van der Waals surface area (Å²) in [6, 6.07) is 0. The molecule has 0 aromatic heterocycles. The van der Waals surface area contributed by atoms with Crippen molar-refractivity contribution < 1.29 is 0 Å². The molecule has 0 aromatic carbocycles. The lowest BCUT2D eigenvalue weighted by Gasteiger charge is -2.15. The molecule has 62 valence electrons. The Hall–Kier alpha value is -0.990. The molecule has 11 heavy (non-hydrogen) atoms. The minimum atomic E-state index is -0.0618. The number of hydrogen-bond acceptors (Lipinski definition) is 2. The molecule has 0 rings (SSSR count). The maximum absolute atomic E-state index is 4.08. The predicted molar refractivity (Wildman–Crippen MR) is 50.6 cm³/mol. The molecular formula is C8H15N3. The van der Waals surface area contributed by atoms with E-state index < -0.39 is 0 Å². The van der Waals surface area contributed by atoms with Crippen molar-refractivity contribution in [2.24, 2.45) is 20.6 Å². The van der Waals surface area contributed by atoms with Crippen molar-refractivity contribution in [1.29, 1.82) is 0 Å². The van der Waals surface area contributed by atoms with Gasteiger partial charge in [0.2, 0.25) is 0 Å². The van der Waals surface area contributed by atoms with E-state index in [9.17, 15) is 0 Å². The first-order valence-corrected chi connectivity index (χ1v) is 3.55. The van der Waals surface area contributed by atoms with Crippen molar-refractivity contribution >= 4 is 18.8 Å². The smallest absolute Gasteiger partial charge is 0.155 e. The van der Waals surface area contributed by atoms with E-state index in [0.717, 1.165) is 0 Å². The molecule has 0 bridgehead atoms. The Morgan fingerprint density at radius 3 is 2.18 bits per heavy atom. The van der Waals surface area contributed by atoms with Crippen LogP contribution in [0.5, 0.6) is 0 Å². The molecule has 0 fully saturated rings. The molecular weight excluding hydrogens is 138 g/mol. The SMILES string of the molecule is C=N/N=C(\N=CC)C(C)(C)C. The van der Waals surface area contributed by atoms with E-state index in [-0.39, 0.29) is 5.41 Å². The van der Waals surface area contributed by atoms with E-state index in [1.165, 1.54) is 0 Å². The van der Waals surface area contributed by atoms with Gasteiger partial charge in [-0.15, -0.1) is 5.10 Å². The fourth-order valence-electron chi connectivity index (χ4n) is 0.559. The average molecular weight is 153 g/mol. The largest absolute Gasteiger partial charge is 0.244 e. The molecule has 0 N–H and O–H groups in total. The number of amidine groups is 1. The normalized spacial score (nSPS) is 14.0. The van der Waals surface area contributed by atoms with E-state index in [2.05, 4.69) is 21.9 Å². The number of rotatable bonds is 1. The Labute approximate surface area is 67.9 Å². The Balaban J connectivity index is 4.61. The molecule has 3 heteroatoms. The van der Waals surface area contributed by atoms with Crippen molar-refractivity contribution in [3.8, 4) is 0 Å². The van der Waals surface area contributed by atoms with Gasteiger partial charge in [0.1, 0.15) is 0 Å². The van der Waals surface area contributed by atoms with Crippen LogP contribution in [-0.2, 0) is 0 Å². The molecule has 3 nitrogen and oxygen atoms in total. The summed E-state index contributed by atoms with van der Waals surface area (Å²) in [7, 11) is 0. The van der Waals surface area contributed by atoms with E-state index in [0.29, 0.717) is 5.84 Å². The third-order valence-electron chi connectivity index (χ3n) is 1.09. The minimum absolute atomic E-state index is 0.0618. The zero-order valence-electron chi connectivity index (χ0n) is 7.63. The van der Waals surface area contributed by atoms with Gasteiger partial charge in [0.25, 0.3) is 0 Å². The van der Waals surface area contributed by atoms with Crippen LogP contribution in [0.4, 0.5) is 0 Å². The topological polar surface area (TPSA) is 37.1 Å². The molecule has 0 saturated carbocycles. The predicted octanol–water partition coefficient (Wildman–Crippen LogP) is 2.14. The Bertz CT molecular complexity index is 184. The second-order valence-corrected chi connectivity index (χ2v) is 3.20. The summed E-state index contributed by atoms with van der Waals surface area (Å²) in [6.07, 6.45) is 1.70. The second-order valence-electron chi connectivity index (χ2n) is 3.20. The fourth-order valence-corrected chi connectivity index (χ4v) is 0.559. The Morgan fingerprint density at radius 1 is 1.36 bits per heavy atom. The summed E-state index contributed by atoms with van der Waals surface area (Å²) >= 11 is 0. The molecule has 0 aliphatic rings. The van der Waals surface area contributed by atoms with Crippen LogP contribution in [-0.4, -0.2) is 18.8 Å². The zero-order chi connectivity index (χ0) is 8.91. The lowest BCUT2D eigenvalue weighted by molar-refractivity contribution is 0.583. The maximum atomic E-state index is 4.08. The molecule has 0 aliphatic carbocycles. The van der Waals surface area contributed by atoms with Crippen molar-refractivity contribution in [3.63, 3.8) is 0 Å². The highest BCUT2D eigenvalue weighted by Gasteiger charge is 2.17. The van der Waals surface area contributed by atoms with Gasteiger partial charge in [-0.3, -0.25) is 0 Å². The van der Waals surface area contributed by atoms with Crippen molar-refractivity contribution in [2.45, 2.75) is 27.7 Å². The highest BCUT2D eigenvalue weighted by molar-refractivity contribution is 5.92. The summed E-state index contributed by atoms with van der Waals surface area (Å²) in [5.41, 5.74) is -0.0618. The van der Waals surface area contributed by atoms with Crippen molar-refractivity contribution in [1.82, 2.24) is 0 Å². The van der Waals surface area contributed by atoms with Gasteiger partial charge in [-0.2, -0.15) is 5.10 Å². The molecule has 0 aliphatic heterocycles. The molecule has 0 radical (unpaired) electrons. The van der Waals surface area contributed by atoms with E-state index in [1.54, 1.807) is 6.21 Å². The highest BCUT2D eigenvalue weighted by atomic mass is 15.2. The number of nitrogens with zero attached hydrogens (tertiary/aromatic N) is 3. The van der Waals surface area contributed by atoms with Crippen LogP contribution in [0.25, 0.3) is 0 Å². The van der Waals surface area contributed by atoms with Crippen LogP contribution in [0.2, 0.25) is 0 Å². The van der Waals surface area contributed by atoms with Crippen LogP contribution < -0.4 is 0 Å². The molecule has 0 atom stereocenters. The molecule has 0 saturated heterocycles. The summed E-state index contributed by atoms with van der Waals surface area (Å²) < 4.78 is 0. The summed E-state index contributed by atoms with van der Waals surface area (Å²) in [4.78, 5) is 4.08. The quantitative estimate of drug-likeness (QED) is 0.314. The third-order valence-corrected chi connectivity index (χ3v) is 1.09. The van der Waals surface area contributed by atoms with Crippen LogP contribution in [0.1, 0.15) is 27.7 Å². The number of hydrogen-bond donors (Lipinski definition) is 0. The van der Waals surface area contributed by atoms with Crippen molar-refractivity contribution in [3.05, 3.63) is 0 Å². The first-order valence-electron chi connectivity index (χ1n) is 3.55. The Morgan fingerprint density at radius 2 is 1.91 bits per heavy atom. The van der Waals surface area contributed by atoms with Gasteiger partial charge in [0, 0.05) is 18.3 Å². The van der Waals surface area contributed by atoms with E-state index >= 15 is 0 Å². The van der Waals surface area contributed by atoms with Gasteiger partial charge < -0.3 is 0 Å². The van der Waals surface area contributed by atoms with Gasteiger partial charge in [-0.05, 0) is 6.92 Å². The van der Waals surface area contributed by atoms with E-state index in [1.807, 2.05) is 27.7 Å². The minimum Gasteiger partial charge on any atom is -0.244 e. The molecule has 0 heterocycles. The average Bonchev–Trinajstić information content (AvgIpc) is 1.85. The summed E-state index contributed by atoms with van der Waals surface area (Å²) in [5.74, 6) is 0.704. The van der Waals surface area contributed by atoms with Crippen LogP contribution in [0.15, 0.2) is 15.2 Å². The summed E-state index contributed by atoms with van der Waals surface area (Å²) in [5, 5.41) is 7.26. The standard InChI is InChI=1S/C8H15N3/c1-6-10-7(11-9-5)8(2,3)4/h6H,5H2,1-4H3/b10-6?,11-7-. The molecule has 0 aromatic rings. The van der Waals surface area contributed by atoms with Gasteiger partial charge in [0.15, 0.2) is 5.84 Å². The third kappa shape index (κ3) is 3.65. The molecule has 0 amide bonds. The molecule has 0 spiro atoms. The lowest BCUT2D eigenvalue weighted by Crippen LogP contribution is -2.17. The summed E-state index contributed by atoms with van der Waals surface area (Å²) in [6.45, 7) is 11.2. The van der Waals surface area contributed by atoms with E-state index in [4.69, 9.17) is 0 Å². The fraction of sp³-hybridized carbons (Fsp3) is 0.625. The van der Waals surface area contributed by atoms with Gasteiger partial charge >= 0.3 is 0 Å². The van der Waals surface area contributed by atoms with Crippen LogP contribution in [0, 0.1) is 5.41 Å². The van der Waals surface area contributed by atoms with Crippen LogP contribution in [0.3, 0.4) is 0 Å². The van der Waals surface area contributed by atoms with Gasteiger partial charge in [0.05, 0.1) is 0 Å². The number of aliphatic imine (C=N–C) groups is 1. The first kappa shape index (κ1) is 10.0. The van der Waals surface area contributed by atoms with Crippen LogP contribution >= 0.6 is 0 Å². The zero-order valence-corrected chi connectivity index (χ0v) is 7.63. The molecule has 0 unspecified atom stereocenters. The monoisotopic (exact) mass is 153 g/mol. The van der Waals surface area contributed by atoms with Gasteiger partial charge in [-0.25, -0.2) is 4.99 Å². The highest BCUT2D eigenvalue weighted by Crippen LogP contribution is 2.16. The lowest BCUT2D eigenvalue weighted by atomic mass is 9.95. The van der Waals surface area contributed by atoms with Crippen molar-refractivity contribution in [2.75, 3.05) is 0 Å². The van der Waals surface area contributed by atoms with Gasteiger partial charge in [-0.1, -0.05) is 20.8 Å². The first-order chi connectivity index (χ1) is 5.02. The Kier molecular flexibility index (Phi) is 3.65.